The highest BCUT2D eigenvalue weighted by atomic mass is 16.5. The third kappa shape index (κ3) is 3.73. The van der Waals surface area contributed by atoms with E-state index in [1.807, 2.05) is 18.2 Å². The normalized spacial score (nSPS) is 41.7. The lowest BCUT2D eigenvalue weighted by Crippen LogP contribution is -2.63. The summed E-state index contributed by atoms with van der Waals surface area (Å²) in [7, 11) is 0. The monoisotopic (exact) mass is 569 g/mol. The number of aromatic amines is 1. The van der Waals surface area contributed by atoms with E-state index >= 15 is 0 Å². The Morgan fingerprint density at radius 3 is 2.55 bits per heavy atom. The van der Waals surface area contributed by atoms with Crippen LogP contribution in [0.25, 0.3) is 0 Å². The van der Waals surface area contributed by atoms with Gasteiger partial charge in [0.15, 0.2) is 0 Å². The van der Waals surface area contributed by atoms with Gasteiger partial charge in [-0.2, -0.15) is 5.10 Å². The minimum atomic E-state index is -0.403. The summed E-state index contributed by atoms with van der Waals surface area (Å²) in [4.78, 5) is 14.2. The molecule has 0 radical (unpaired) electrons. The highest BCUT2D eigenvalue weighted by Crippen LogP contribution is 2.75. The molecule has 0 amide bonds. The Kier molecular flexibility index (Phi) is 6.20. The number of anilines is 1. The second-order valence-electron chi connectivity index (χ2n) is 16.5. The molecule has 1 aromatic carbocycles. The van der Waals surface area contributed by atoms with Gasteiger partial charge in [0.1, 0.15) is 12.4 Å². The molecule has 0 bridgehead atoms. The number of allylic oxidation sites excluding steroid dienone is 2. The largest absolute Gasteiger partial charge is 0.460 e. The Morgan fingerprint density at radius 1 is 1.05 bits per heavy atom. The summed E-state index contributed by atoms with van der Waals surface area (Å²) in [5.74, 6) is 2.69. The van der Waals surface area contributed by atoms with Crippen molar-refractivity contribution < 1.29 is 9.53 Å². The van der Waals surface area contributed by atoms with Gasteiger partial charge in [0, 0.05) is 11.5 Å². The van der Waals surface area contributed by atoms with Crippen LogP contribution >= 0.6 is 0 Å². The maximum atomic E-state index is 14.2. The predicted molar refractivity (Wildman–Crippen MR) is 167 cm³/mol. The molecule has 42 heavy (non-hydrogen) atoms. The number of esters is 1. The summed E-state index contributed by atoms with van der Waals surface area (Å²) < 4.78 is 6.19. The molecule has 2 aromatic rings. The molecule has 3 fully saturated rings. The summed E-state index contributed by atoms with van der Waals surface area (Å²) >= 11 is 0. The van der Waals surface area contributed by atoms with E-state index in [9.17, 15) is 4.79 Å². The van der Waals surface area contributed by atoms with E-state index < -0.39 is 5.41 Å². The van der Waals surface area contributed by atoms with Crippen LogP contribution in [0.15, 0.2) is 42.0 Å². The number of carbonyl (C=O) groups is 1. The maximum Gasteiger partial charge on any atom is 0.313 e. The number of ether oxygens (including phenoxy) is 1. The minimum absolute atomic E-state index is 0.0433. The topological polar surface area (TPSA) is 81.0 Å². The van der Waals surface area contributed by atoms with Gasteiger partial charge in [-0.1, -0.05) is 83.5 Å². The zero-order valence-corrected chi connectivity index (χ0v) is 26.7. The highest BCUT2D eigenvalue weighted by molar-refractivity contribution is 5.79. The number of carbonyl (C=O) groups excluding carboxylic acids is 1. The molecule has 0 aliphatic heterocycles. The van der Waals surface area contributed by atoms with E-state index in [-0.39, 0.29) is 33.5 Å². The zero-order valence-electron chi connectivity index (χ0n) is 26.7. The lowest BCUT2D eigenvalue weighted by Gasteiger charge is -2.69. The van der Waals surface area contributed by atoms with Crippen molar-refractivity contribution in [1.29, 1.82) is 0 Å². The number of hydrogen-bond acceptors (Lipinski definition) is 4. The van der Waals surface area contributed by atoms with Gasteiger partial charge in [0.2, 0.25) is 0 Å². The SMILES string of the molecule is C[C@@H]1c2n[nH]c(N)c2C[C@]2(C)C3CC=C4[C@@H]5CC(C)(C)CC[C@]5(C(=O)OCc5ccccc5)CC[C@@]4(C)[C@]3(C)CC[C@@H]12. The lowest BCUT2D eigenvalue weighted by atomic mass is 9.34. The predicted octanol–water partition coefficient (Wildman–Crippen LogP) is 8.38. The van der Waals surface area contributed by atoms with Gasteiger partial charge in [-0.25, -0.2) is 0 Å². The number of nitrogens with two attached hydrogens (primary N) is 1. The lowest BCUT2D eigenvalue weighted by molar-refractivity contribution is -0.180. The Hall–Kier alpha value is -2.56. The highest BCUT2D eigenvalue weighted by Gasteiger charge is 2.68. The van der Waals surface area contributed by atoms with Crippen LogP contribution in [0.1, 0.15) is 116 Å². The maximum absolute atomic E-state index is 14.2. The summed E-state index contributed by atoms with van der Waals surface area (Å²) in [5.41, 5.74) is 11.9. The van der Waals surface area contributed by atoms with Crippen LogP contribution in [0, 0.1) is 44.8 Å². The van der Waals surface area contributed by atoms with Crippen molar-refractivity contribution in [2.75, 3.05) is 5.73 Å². The Bertz CT molecular complexity index is 1430. The fourth-order valence-electron chi connectivity index (χ4n) is 11.5. The smallest absolute Gasteiger partial charge is 0.313 e. The van der Waals surface area contributed by atoms with Crippen molar-refractivity contribution >= 4 is 11.8 Å². The Labute approximate surface area is 252 Å². The van der Waals surface area contributed by atoms with Crippen LogP contribution in [0.2, 0.25) is 0 Å². The van der Waals surface area contributed by atoms with Crippen LogP contribution in [0.4, 0.5) is 5.82 Å². The molecule has 8 atom stereocenters. The first-order valence-electron chi connectivity index (χ1n) is 16.6. The van der Waals surface area contributed by atoms with Crippen molar-refractivity contribution in [3.05, 3.63) is 58.8 Å². The van der Waals surface area contributed by atoms with Gasteiger partial charge < -0.3 is 10.5 Å². The molecule has 5 heteroatoms. The minimum Gasteiger partial charge on any atom is -0.460 e. The molecule has 5 nitrogen and oxygen atoms in total. The quantitative estimate of drug-likeness (QED) is 0.287. The summed E-state index contributed by atoms with van der Waals surface area (Å²) in [6.45, 7) is 15.4. The van der Waals surface area contributed by atoms with Crippen LogP contribution in [-0.4, -0.2) is 16.2 Å². The first-order valence-corrected chi connectivity index (χ1v) is 16.6. The number of nitrogens with one attached hydrogen (secondary N) is 1. The van der Waals surface area contributed by atoms with Crippen molar-refractivity contribution in [2.24, 2.45) is 44.8 Å². The molecule has 1 unspecified atom stereocenters. The number of rotatable bonds is 3. The first-order chi connectivity index (χ1) is 19.8. The molecule has 0 spiro atoms. The van der Waals surface area contributed by atoms with Crippen molar-refractivity contribution in [3.63, 3.8) is 0 Å². The van der Waals surface area contributed by atoms with Crippen LogP contribution in [-0.2, 0) is 22.6 Å². The van der Waals surface area contributed by atoms with Crippen LogP contribution in [0.5, 0.6) is 0 Å². The van der Waals surface area contributed by atoms with Crippen LogP contribution < -0.4 is 5.73 Å². The van der Waals surface area contributed by atoms with E-state index in [0.29, 0.717) is 24.4 Å². The molecule has 1 heterocycles. The summed E-state index contributed by atoms with van der Waals surface area (Å²) in [6.07, 6.45) is 12.3. The van der Waals surface area contributed by atoms with Crippen LogP contribution in [0.3, 0.4) is 0 Å². The molecule has 3 saturated carbocycles. The number of fused-ring (bicyclic) bond motifs is 8. The van der Waals surface area contributed by atoms with E-state index in [4.69, 9.17) is 10.5 Å². The van der Waals surface area contributed by atoms with Gasteiger partial charge in [0.25, 0.3) is 0 Å². The molecular weight excluding hydrogens is 518 g/mol. The average molecular weight is 570 g/mol. The summed E-state index contributed by atoms with van der Waals surface area (Å²) in [6, 6.07) is 10.2. The van der Waals surface area contributed by atoms with Gasteiger partial charge in [-0.3, -0.25) is 9.89 Å². The molecule has 226 valence electrons. The van der Waals surface area contributed by atoms with E-state index in [2.05, 4.69) is 69.9 Å². The number of hydrogen-bond donors (Lipinski definition) is 2. The molecule has 3 N–H and O–H groups in total. The third-order valence-corrected chi connectivity index (χ3v) is 14.1. The Balaban J connectivity index is 1.26. The van der Waals surface area contributed by atoms with Crippen molar-refractivity contribution in [2.45, 2.75) is 112 Å². The molecule has 0 saturated heterocycles. The van der Waals surface area contributed by atoms with E-state index in [1.165, 1.54) is 24.1 Å². The number of H-pyrrole nitrogens is 1. The van der Waals surface area contributed by atoms with Gasteiger partial charge in [-0.15, -0.1) is 0 Å². The molecule has 7 rings (SSSR count). The fourth-order valence-corrected chi connectivity index (χ4v) is 11.5. The third-order valence-electron chi connectivity index (χ3n) is 14.1. The van der Waals surface area contributed by atoms with E-state index in [1.54, 1.807) is 5.57 Å². The Morgan fingerprint density at radius 2 is 1.79 bits per heavy atom. The second kappa shape index (κ2) is 9.22. The number of aromatic nitrogens is 2. The number of nitrogen functional groups attached to an aromatic ring is 1. The number of benzene rings is 1. The second-order valence-corrected chi connectivity index (χ2v) is 16.5. The molecule has 5 aliphatic rings. The fraction of sp³-hybridized carbons (Fsp3) is 0.676. The molecule has 1 aromatic heterocycles. The van der Waals surface area contributed by atoms with Crippen molar-refractivity contribution in [3.8, 4) is 0 Å². The standard InChI is InChI=1S/C37H51N3O2/c1-23-26-14-15-36(6)29(34(26,4)20-25-30(23)39-40-31(25)38)13-12-27-28-21-33(2,3)16-18-37(28,19-17-35(27,36)5)32(41)42-22-24-10-8-7-9-11-24/h7-12,23,26,28-29H,13-22H2,1-6H3,(H3,38,39,40)/t23-,26-,28-,29?,34-,35+,36+,37-/m0/s1. The zero-order chi connectivity index (χ0) is 29.7. The first kappa shape index (κ1) is 28.2. The molecular formula is C37H51N3O2. The average Bonchev–Trinajstić information content (AvgIpc) is 3.32. The van der Waals surface area contributed by atoms with Gasteiger partial charge in [0.05, 0.1) is 11.1 Å². The number of nitrogens with zero attached hydrogens (tertiary/aromatic N) is 1. The molecule has 5 aliphatic carbocycles. The van der Waals surface area contributed by atoms with Gasteiger partial charge >= 0.3 is 5.97 Å². The van der Waals surface area contributed by atoms with Crippen molar-refractivity contribution in [1.82, 2.24) is 10.2 Å². The van der Waals surface area contributed by atoms with E-state index in [0.717, 1.165) is 56.3 Å². The van der Waals surface area contributed by atoms with Gasteiger partial charge in [-0.05, 0) is 103 Å². The summed E-state index contributed by atoms with van der Waals surface area (Å²) in [5, 5.41) is 7.79.